The van der Waals surface area contributed by atoms with Crippen LogP contribution in [0.4, 0.5) is 0 Å². The molecule has 0 heterocycles. The Balaban J connectivity index is 3.95. The average molecular weight is 956 g/mol. The lowest BCUT2D eigenvalue weighted by molar-refractivity contribution is -0.870. The molecule has 0 aliphatic carbocycles. The van der Waals surface area contributed by atoms with Crippen molar-refractivity contribution in [2.45, 2.75) is 309 Å². The maximum atomic E-state index is 12.9. The van der Waals surface area contributed by atoms with Crippen molar-refractivity contribution in [3.05, 3.63) is 12.2 Å². The van der Waals surface area contributed by atoms with Crippen LogP contribution < -0.4 is 10.2 Å². The van der Waals surface area contributed by atoms with E-state index in [1.54, 1.807) is 6.08 Å². The lowest BCUT2D eigenvalue weighted by atomic mass is 10.0. The van der Waals surface area contributed by atoms with Crippen LogP contribution in [-0.4, -0.2) is 68.5 Å². The van der Waals surface area contributed by atoms with E-state index in [-0.39, 0.29) is 19.1 Å². The summed E-state index contributed by atoms with van der Waals surface area (Å²) in [5.74, 6) is -0.192. The van der Waals surface area contributed by atoms with Gasteiger partial charge in [0.05, 0.1) is 39.9 Å². The highest BCUT2D eigenvalue weighted by Crippen LogP contribution is 2.38. The largest absolute Gasteiger partial charge is 0.756 e. The Kier molecular flexibility index (Phi) is 48.7. The molecule has 0 aromatic rings. The molecule has 3 atom stereocenters. The average Bonchev–Trinajstić information content (AvgIpc) is 3.28. The summed E-state index contributed by atoms with van der Waals surface area (Å²) in [6.07, 6.45) is 60.2. The maximum Gasteiger partial charge on any atom is 0.268 e. The van der Waals surface area contributed by atoms with Gasteiger partial charge < -0.3 is 28.8 Å². The zero-order valence-electron chi connectivity index (χ0n) is 44.9. The molecule has 0 radical (unpaired) electrons. The van der Waals surface area contributed by atoms with Gasteiger partial charge in [-0.05, 0) is 19.3 Å². The highest BCUT2D eigenvalue weighted by Gasteiger charge is 2.23. The number of aliphatic hydroxyl groups excluding tert-OH is 1. The summed E-state index contributed by atoms with van der Waals surface area (Å²) < 4.78 is 23.3. The van der Waals surface area contributed by atoms with Gasteiger partial charge in [-0.25, -0.2) is 0 Å². The number of quaternary nitrogens is 1. The summed E-state index contributed by atoms with van der Waals surface area (Å²) in [6.45, 7) is 4.68. The lowest BCUT2D eigenvalue weighted by Gasteiger charge is -2.29. The Morgan fingerprint density at radius 3 is 1.14 bits per heavy atom. The number of carbonyl (C=O) groups is 1. The first-order valence-electron chi connectivity index (χ1n) is 29.1. The smallest absolute Gasteiger partial charge is 0.268 e. The van der Waals surface area contributed by atoms with Gasteiger partial charge in [-0.15, -0.1) is 0 Å². The second-order valence-corrected chi connectivity index (χ2v) is 22.8. The second kappa shape index (κ2) is 49.2. The number of rotatable bonds is 54. The molecule has 8 nitrogen and oxygen atoms in total. The van der Waals surface area contributed by atoms with Crippen molar-refractivity contribution in [2.75, 3.05) is 40.9 Å². The summed E-state index contributed by atoms with van der Waals surface area (Å²) in [4.78, 5) is 25.4. The molecule has 0 rings (SSSR count). The number of allylic oxidation sites excluding steroid dienone is 1. The third kappa shape index (κ3) is 51.1. The molecular formula is C57H115N2O6P. The molecule has 0 aliphatic rings. The summed E-state index contributed by atoms with van der Waals surface area (Å²) in [7, 11) is 1.28. The number of amides is 1. The minimum absolute atomic E-state index is 0.00231. The number of nitrogens with one attached hydrogen (secondary N) is 1. The minimum Gasteiger partial charge on any atom is -0.756 e. The Morgan fingerprint density at radius 2 is 0.818 bits per heavy atom. The number of phosphoric acid groups is 1. The molecule has 0 aliphatic heterocycles. The number of nitrogens with zero attached hydrogens (tertiary/aromatic N) is 1. The normalized spacial score (nSPS) is 14.0. The molecule has 0 spiro atoms. The van der Waals surface area contributed by atoms with Crippen LogP contribution in [0.5, 0.6) is 0 Å². The van der Waals surface area contributed by atoms with E-state index in [9.17, 15) is 19.4 Å². The minimum atomic E-state index is -4.59. The SMILES string of the molecule is CCCCCCCCCCCC/C=C/C(O)C(COP(=O)([O-])OCC[N+](C)(C)C)NC(=O)CCCCCCCCCCCCCCCCCCCCCCCCCCCCCCCCCC. The van der Waals surface area contributed by atoms with Crippen LogP contribution in [-0.2, 0) is 18.4 Å². The number of hydrogen-bond acceptors (Lipinski definition) is 6. The van der Waals surface area contributed by atoms with Gasteiger partial charge in [-0.1, -0.05) is 283 Å². The Morgan fingerprint density at radius 1 is 0.515 bits per heavy atom. The van der Waals surface area contributed by atoms with Crippen LogP contribution in [0.1, 0.15) is 296 Å². The number of hydrogen-bond donors (Lipinski definition) is 2. The van der Waals surface area contributed by atoms with Crippen LogP contribution in [0.25, 0.3) is 0 Å². The van der Waals surface area contributed by atoms with Gasteiger partial charge in [0.1, 0.15) is 13.2 Å². The number of aliphatic hydroxyl groups is 1. The Bertz CT molecular complexity index is 1080. The van der Waals surface area contributed by atoms with Gasteiger partial charge in [-0.3, -0.25) is 9.36 Å². The topological polar surface area (TPSA) is 108 Å². The van der Waals surface area contributed by atoms with E-state index in [2.05, 4.69) is 19.2 Å². The first-order chi connectivity index (χ1) is 32.0. The quantitative estimate of drug-likeness (QED) is 0.0272. The van der Waals surface area contributed by atoms with Crippen LogP contribution >= 0.6 is 7.82 Å². The van der Waals surface area contributed by atoms with E-state index in [1.165, 1.54) is 238 Å². The highest BCUT2D eigenvalue weighted by molar-refractivity contribution is 7.45. The predicted molar refractivity (Wildman–Crippen MR) is 284 cm³/mol. The molecule has 394 valence electrons. The van der Waals surface area contributed by atoms with Gasteiger partial charge in [-0.2, -0.15) is 0 Å². The molecule has 0 bridgehead atoms. The third-order valence-corrected chi connectivity index (χ3v) is 14.5. The summed E-state index contributed by atoms with van der Waals surface area (Å²) in [6, 6.07) is -0.881. The molecule has 1 amide bonds. The maximum absolute atomic E-state index is 12.9. The molecule has 9 heteroatoms. The summed E-state index contributed by atoms with van der Waals surface area (Å²) in [5.41, 5.74) is 0. The molecule has 2 N–H and O–H groups in total. The lowest BCUT2D eigenvalue weighted by Crippen LogP contribution is -2.45. The fourth-order valence-electron chi connectivity index (χ4n) is 8.92. The number of likely N-dealkylation sites (N-methyl/N-ethyl adjacent to an activating group) is 1. The van der Waals surface area contributed by atoms with Crippen molar-refractivity contribution in [3.63, 3.8) is 0 Å². The molecule has 0 aromatic heterocycles. The van der Waals surface area contributed by atoms with Crippen LogP contribution in [0.3, 0.4) is 0 Å². The molecule has 0 aromatic carbocycles. The zero-order valence-corrected chi connectivity index (χ0v) is 45.8. The Hall–Kier alpha value is -0.760. The third-order valence-electron chi connectivity index (χ3n) is 13.5. The summed E-state index contributed by atoms with van der Waals surface area (Å²) >= 11 is 0. The van der Waals surface area contributed by atoms with Crippen molar-refractivity contribution in [1.82, 2.24) is 5.32 Å². The van der Waals surface area contributed by atoms with E-state index in [0.29, 0.717) is 17.4 Å². The highest BCUT2D eigenvalue weighted by atomic mass is 31.2. The van der Waals surface area contributed by atoms with Gasteiger partial charge >= 0.3 is 0 Å². The molecule has 3 unspecified atom stereocenters. The molecule has 0 saturated heterocycles. The fourth-order valence-corrected chi connectivity index (χ4v) is 9.64. The van der Waals surface area contributed by atoms with E-state index in [0.717, 1.165) is 38.5 Å². The van der Waals surface area contributed by atoms with Gasteiger partial charge in [0.15, 0.2) is 0 Å². The first-order valence-corrected chi connectivity index (χ1v) is 30.5. The fraction of sp³-hybridized carbons (Fsp3) is 0.947. The molecule has 0 saturated carbocycles. The van der Waals surface area contributed by atoms with Gasteiger partial charge in [0.2, 0.25) is 5.91 Å². The van der Waals surface area contributed by atoms with Crippen LogP contribution in [0.2, 0.25) is 0 Å². The standard InChI is InChI=1S/C57H115N2O6P/c1-6-8-10-12-14-16-18-20-21-22-23-24-25-26-27-28-29-30-31-32-33-34-35-36-37-38-39-41-43-45-47-49-51-57(61)58-55(54-65-66(62,63)64-53-52-59(3,4)5)56(60)50-48-46-44-42-40-19-17-15-13-11-9-7-2/h48,50,55-56,60H,6-47,49,51-54H2,1-5H3,(H-,58,61,62,63)/b50-48+. The van der Waals surface area contributed by atoms with E-state index in [4.69, 9.17) is 9.05 Å². The van der Waals surface area contributed by atoms with Crippen molar-refractivity contribution >= 4 is 13.7 Å². The molecule has 66 heavy (non-hydrogen) atoms. The number of carbonyl (C=O) groups excluding carboxylic acids is 1. The van der Waals surface area contributed by atoms with Crippen molar-refractivity contribution in [2.24, 2.45) is 0 Å². The van der Waals surface area contributed by atoms with E-state index < -0.39 is 20.0 Å². The van der Waals surface area contributed by atoms with Crippen molar-refractivity contribution in [3.8, 4) is 0 Å². The van der Waals surface area contributed by atoms with E-state index in [1.807, 2.05) is 27.2 Å². The van der Waals surface area contributed by atoms with Crippen LogP contribution in [0, 0.1) is 0 Å². The zero-order chi connectivity index (χ0) is 48.5. The molecule has 0 fully saturated rings. The first kappa shape index (κ1) is 65.2. The van der Waals surface area contributed by atoms with Gasteiger partial charge in [0, 0.05) is 6.42 Å². The Labute approximate surface area is 412 Å². The van der Waals surface area contributed by atoms with Gasteiger partial charge in [0.25, 0.3) is 7.82 Å². The number of phosphoric ester groups is 1. The number of unbranched alkanes of at least 4 members (excludes halogenated alkanes) is 41. The molecular weight excluding hydrogens is 840 g/mol. The van der Waals surface area contributed by atoms with Crippen molar-refractivity contribution < 1.29 is 32.9 Å². The van der Waals surface area contributed by atoms with Crippen LogP contribution in [0.15, 0.2) is 12.2 Å². The summed E-state index contributed by atoms with van der Waals surface area (Å²) in [5, 5.41) is 13.8. The monoisotopic (exact) mass is 955 g/mol. The van der Waals surface area contributed by atoms with E-state index >= 15 is 0 Å². The second-order valence-electron chi connectivity index (χ2n) is 21.4. The predicted octanol–water partition coefficient (Wildman–Crippen LogP) is 16.8. The van der Waals surface area contributed by atoms with Crippen molar-refractivity contribution in [1.29, 1.82) is 0 Å².